The number of hydrogen-bond donors (Lipinski definition) is 3. The molecule has 70 heavy (non-hydrogen) atoms. The maximum Gasteiger partial charge on any atom is 0.413 e. The molecule has 2 aromatic heterocycles. The minimum atomic E-state index is -1.52. The Kier molecular flexibility index (Phi) is 14.8. The molecule has 5 amide bonds. The predicted octanol–water partition coefficient (Wildman–Crippen LogP) is 5.96. The second-order valence-corrected chi connectivity index (χ2v) is 21.2. The molecule has 3 aliphatic rings. The number of ether oxygens (including phenoxy) is 4. The zero-order chi connectivity index (χ0) is 50.6. The first kappa shape index (κ1) is 50.8. The number of carbonyl (C=O) groups excluding carboxylic acids is 6. The first-order chi connectivity index (χ1) is 32.9. The average molecular weight is 985 g/mol. The first-order valence-corrected chi connectivity index (χ1v) is 23.8. The number of amides is 5. The van der Waals surface area contributed by atoms with Crippen LogP contribution in [0.2, 0.25) is 0 Å². The number of oxime groups is 1. The molecule has 0 radical (unpaired) electrons. The molecule has 0 spiro atoms. The highest BCUT2D eigenvalue weighted by Crippen LogP contribution is 2.43. The van der Waals surface area contributed by atoms with Crippen LogP contribution in [0.4, 0.5) is 19.5 Å². The van der Waals surface area contributed by atoms with E-state index < -0.39 is 76.7 Å². The lowest BCUT2D eigenvalue weighted by atomic mass is 9.98. The zero-order valence-electron chi connectivity index (χ0n) is 40.7. The van der Waals surface area contributed by atoms with Crippen molar-refractivity contribution in [2.75, 3.05) is 25.0 Å². The second-order valence-electron chi connectivity index (χ2n) is 20.4. The lowest BCUT2D eigenvalue weighted by molar-refractivity contribution is -0.164. The highest BCUT2D eigenvalue weighted by atomic mass is 32.1. The van der Waals surface area contributed by atoms with Crippen molar-refractivity contribution >= 4 is 58.2 Å². The number of nitrogens with one attached hydrogen (secondary N) is 3. The third-order valence-corrected chi connectivity index (χ3v) is 11.5. The molecular weight excluding hydrogens is 925 g/mol. The van der Waals surface area contributed by atoms with Gasteiger partial charge < -0.3 is 44.2 Å². The Morgan fingerprint density at radius 1 is 0.886 bits per heavy atom. The molecule has 1 saturated carbocycles. The molecule has 4 aromatic rings. The van der Waals surface area contributed by atoms with Crippen LogP contribution < -0.4 is 16.0 Å². The minimum Gasteiger partial charge on any atom is -0.450 e. The van der Waals surface area contributed by atoms with E-state index >= 15 is 0 Å². The summed E-state index contributed by atoms with van der Waals surface area (Å²) in [5.74, 6) is -2.08. The van der Waals surface area contributed by atoms with Crippen LogP contribution in [0.25, 0.3) is 0 Å². The molecular formula is C48H60N10O11S. The normalized spacial score (nSPS) is 17.8. The van der Waals surface area contributed by atoms with E-state index in [1.165, 1.54) is 21.3 Å². The fourth-order valence-corrected chi connectivity index (χ4v) is 7.93. The molecule has 4 heterocycles. The molecule has 3 N–H and O–H groups in total. The van der Waals surface area contributed by atoms with Gasteiger partial charge >= 0.3 is 24.2 Å². The number of rotatable bonds is 16. The van der Waals surface area contributed by atoms with Crippen LogP contribution in [0, 0.1) is 5.92 Å². The van der Waals surface area contributed by atoms with E-state index in [1.807, 2.05) is 60.7 Å². The molecule has 21 nitrogen and oxygen atoms in total. The van der Waals surface area contributed by atoms with Gasteiger partial charge in [-0.05, 0) is 73.4 Å². The highest BCUT2D eigenvalue weighted by Gasteiger charge is 2.57. The third kappa shape index (κ3) is 13.6. The summed E-state index contributed by atoms with van der Waals surface area (Å²) in [6.07, 6.45) is -0.523. The van der Waals surface area contributed by atoms with Crippen molar-refractivity contribution < 1.29 is 52.6 Å². The summed E-state index contributed by atoms with van der Waals surface area (Å²) in [4.78, 5) is 94.5. The molecule has 2 aromatic carbocycles. The van der Waals surface area contributed by atoms with Gasteiger partial charge in [-0.3, -0.25) is 14.9 Å². The Morgan fingerprint density at radius 3 is 2.07 bits per heavy atom. The number of benzene rings is 2. The fourth-order valence-electron chi connectivity index (χ4n) is 7.25. The Morgan fingerprint density at radius 2 is 1.50 bits per heavy atom. The molecule has 0 unspecified atom stereocenters. The van der Waals surface area contributed by atoms with Gasteiger partial charge in [-0.25, -0.2) is 24.2 Å². The summed E-state index contributed by atoms with van der Waals surface area (Å²) in [6, 6.07) is 16.7. The van der Waals surface area contributed by atoms with E-state index in [2.05, 4.69) is 36.3 Å². The van der Waals surface area contributed by atoms with Crippen LogP contribution in [-0.4, -0.2) is 126 Å². The highest BCUT2D eigenvalue weighted by molar-refractivity contribution is 7.14. The number of β-lactam (4-membered cyclic amide) rings is 1. The van der Waals surface area contributed by atoms with Gasteiger partial charge in [-0.1, -0.05) is 65.8 Å². The van der Waals surface area contributed by atoms with Crippen LogP contribution in [0.1, 0.15) is 104 Å². The number of hydrogen-bond acceptors (Lipinski definition) is 16. The van der Waals surface area contributed by atoms with Gasteiger partial charge in [0.2, 0.25) is 11.5 Å². The molecule has 0 bridgehead atoms. The Hall–Kier alpha value is -7.10. The third-order valence-electron chi connectivity index (χ3n) is 10.7. The molecule has 2 saturated heterocycles. The molecule has 3 fully saturated rings. The summed E-state index contributed by atoms with van der Waals surface area (Å²) in [6.45, 7) is 17.0. The molecule has 7 rings (SSSR count). The first-order valence-electron chi connectivity index (χ1n) is 22.9. The van der Waals surface area contributed by atoms with Crippen LogP contribution in [0.3, 0.4) is 0 Å². The summed E-state index contributed by atoms with van der Waals surface area (Å²) < 4.78 is 22.6. The van der Waals surface area contributed by atoms with Gasteiger partial charge in [-0.2, -0.15) is 15.0 Å². The van der Waals surface area contributed by atoms with Crippen molar-refractivity contribution in [3.8, 4) is 0 Å². The van der Waals surface area contributed by atoms with Crippen LogP contribution in [-0.2, 0) is 51.3 Å². The van der Waals surface area contributed by atoms with E-state index in [0.717, 1.165) is 22.5 Å². The Balaban J connectivity index is 1.04. The van der Waals surface area contributed by atoms with E-state index in [-0.39, 0.29) is 54.9 Å². The van der Waals surface area contributed by atoms with Gasteiger partial charge in [0.1, 0.15) is 34.2 Å². The Labute approximate surface area is 409 Å². The van der Waals surface area contributed by atoms with Crippen molar-refractivity contribution in [3.05, 3.63) is 94.8 Å². The zero-order valence-corrected chi connectivity index (χ0v) is 41.5. The number of esters is 1. The van der Waals surface area contributed by atoms with E-state index in [9.17, 15) is 28.8 Å². The van der Waals surface area contributed by atoms with Crippen molar-refractivity contribution in [3.63, 3.8) is 0 Å². The molecule has 2 aliphatic heterocycles. The maximum atomic E-state index is 14.2. The monoisotopic (exact) mass is 984 g/mol. The maximum absolute atomic E-state index is 14.2. The van der Waals surface area contributed by atoms with Gasteiger partial charge in [0.15, 0.2) is 16.9 Å². The SMILES string of the molecule is CC(C)(C)OC(=O)Nc1nc(/C(=N/OC2(C(=O)OC(c3ccccc3)c3ccccc3)CC2)C(=O)N[C@@H]2C(=O)N[C@@H]2Cn2ncc(CN(CC3CN(C(=O)OC(C)(C)C)C3)C(=O)OC(C)(C)C)n2)cs1. The Bertz CT molecular complexity index is 2530. The quantitative estimate of drug-likeness (QED) is 0.0386. The number of carbonyl (C=O) groups is 6. The average Bonchev–Trinajstić information content (AvgIpc) is 3.69. The number of aromatic nitrogens is 4. The van der Waals surface area contributed by atoms with Crippen molar-refractivity contribution in [1.29, 1.82) is 0 Å². The smallest absolute Gasteiger partial charge is 0.413 e. The van der Waals surface area contributed by atoms with E-state index in [1.54, 1.807) is 67.2 Å². The van der Waals surface area contributed by atoms with E-state index in [4.69, 9.17) is 23.8 Å². The van der Waals surface area contributed by atoms with Crippen LogP contribution >= 0.6 is 11.3 Å². The standard InChI is InChI=1S/C48H60N10O11S/c1-45(2,3)66-42(62)53-41-51-34(28-70-41)36(55-69-48(20-21-48)40(61)65-37(30-16-12-10-13-17-30)31-18-14-11-15-19-31)39(60)52-35-33(50-38(35)59)27-58-49-22-32(54-58)26-57(44(64)68-47(7,8)9)25-29-23-56(24-29)43(63)67-46(4,5)6/h10-19,22,28-29,33,35,37H,20-21,23-27H2,1-9H3,(H,50,59)(H,52,60)(H,51,53,62)/b55-36-/t33-,35+/m1/s1. The van der Waals surface area contributed by atoms with Gasteiger partial charge in [0.25, 0.3) is 5.91 Å². The van der Waals surface area contributed by atoms with E-state index in [0.29, 0.717) is 18.8 Å². The second kappa shape index (κ2) is 20.5. The summed E-state index contributed by atoms with van der Waals surface area (Å²) in [5.41, 5.74) is -2.21. The van der Waals surface area contributed by atoms with Gasteiger partial charge in [0, 0.05) is 43.8 Å². The summed E-state index contributed by atoms with van der Waals surface area (Å²) >= 11 is 0.988. The minimum absolute atomic E-state index is 0.0205. The number of nitrogens with zero attached hydrogens (tertiary/aromatic N) is 7. The number of likely N-dealkylation sites (tertiary alicyclic amines) is 1. The molecule has 374 valence electrons. The largest absolute Gasteiger partial charge is 0.450 e. The molecule has 1 aliphatic carbocycles. The topological polar surface area (TPSA) is 247 Å². The van der Waals surface area contributed by atoms with Crippen LogP contribution in [0.5, 0.6) is 0 Å². The van der Waals surface area contributed by atoms with Crippen molar-refractivity contribution in [2.45, 2.75) is 129 Å². The number of thiazole rings is 1. The van der Waals surface area contributed by atoms with Crippen molar-refractivity contribution in [1.82, 2.24) is 40.4 Å². The van der Waals surface area contributed by atoms with Crippen LogP contribution in [0.15, 0.2) is 77.4 Å². The lowest BCUT2D eigenvalue weighted by Gasteiger charge is -2.41. The molecule has 22 heteroatoms. The predicted molar refractivity (Wildman–Crippen MR) is 254 cm³/mol. The van der Waals surface area contributed by atoms with Crippen molar-refractivity contribution in [2.24, 2.45) is 11.1 Å². The summed E-state index contributed by atoms with van der Waals surface area (Å²) in [5, 5.41) is 22.7. The lowest BCUT2D eigenvalue weighted by Crippen LogP contribution is -2.70. The van der Waals surface area contributed by atoms with Gasteiger partial charge in [0.05, 0.1) is 25.3 Å². The fraction of sp³-hybridized carbons (Fsp3) is 0.500. The molecule has 2 atom stereocenters. The summed E-state index contributed by atoms with van der Waals surface area (Å²) in [7, 11) is 0. The number of anilines is 1. The van der Waals surface area contributed by atoms with Gasteiger partial charge in [-0.15, -0.1) is 11.3 Å².